The summed E-state index contributed by atoms with van der Waals surface area (Å²) in [6.07, 6.45) is 3.02. The van der Waals surface area contributed by atoms with Gasteiger partial charge < -0.3 is 10.4 Å². The molecule has 0 saturated heterocycles. The molecule has 1 fully saturated rings. The van der Waals surface area contributed by atoms with Gasteiger partial charge in [0, 0.05) is 22.0 Å². The van der Waals surface area contributed by atoms with Crippen molar-refractivity contribution in [3.05, 3.63) is 32.7 Å². The van der Waals surface area contributed by atoms with Crippen LogP contribution in [0.3, 0.4) is 0 Å². The normalized spacial score (nSPS) is 18.2. The van der Waals surface area contributed by atoms with E-state index in [0.29, 0.717) is 6.54 Å². The fourth-order valence-electron chi connectivity index (χ4n) is 1.85. The van der Waals surface area contributed by atoms with Gasteiger partial charge in [-0.1, -0.05) is 6.07 Å². The van der Waals surface area contributed by atoms with Gasteiger partial charge in [-0.2, -0.15) is 0 Å². The van der Waals surface area contributed by atoms with Gasteiger partial charge in [-0.3, -0.25) is 0 Å². The van der Waals surface area contributed by atoms with Crippen LogP contribution in [0.1, 0.15) is 24.8 Å². The molecule has 16 heavy (non-hydrogen) atoms. The minimum Gasteiger partial charge on any atom is -0.389 e. The average Bonchev–Trinajstić information content (AvgIpc) is 2.21. The third-order valence-corrected chi connectivity index (χ3v) is 4.93. The van der Waals surface area contributed by atoms with Crippen molar-refractivity contribution in [2.24, 2.45) is 0 Å². The highest BCUT2D eigenvalue weighted by Crippen LogP contribution is 2.30. The molecule has 0 aliphatic heterocycles. The Labute approximate surface area is 113 Å². The molecule has 2 nitrogen and oxygen atoms in total. The van der Waals surface area contributed by atoms with Crippen molar-refractivity contribution < 1.29 is 5.11 Å². The molecule has 4 heteroatoms. The molecule has 0 heterocycles. The minimum absolute atomic E-state index is 0.438. The molecule has 0 spiro atoms. The molecule has 88 valence electrons. The Morgan fingerprint density at radius 2 is 2.00 bits per heavy atom. The molecular formula is C12H15Br2NO. The van der Waals surface area contributed by atoms with Crippen LogP contribution < -0.4 is 5.32 Å². The van der Waals surface area contributed by atoms with Gasteiger partial charge in [-0.15, -0.1) is 0 Å². The first-order chi connectivity index (χ1) is 7.59. The van der Waals surface area contributed by atoms with Crippen LogP contribution in [-0.2, 0) is 6.54 Å². The molecule has 1 aromatic rings. The maximum absolute atomic E-state index is 9.91. The number of benzene rings is 1. The molecule has 0 bridgehead atoms. The van der Waals surface area contributed by atoms with E-state index in [0.717, 1.165) is 34.8 Å². The first-order valence-corrected chi connectivity index (χ1v) is 7.05. The summed E-state index contributed by atoms with van der Waals surface area (Å²) in [5.41, 5.74) is 0.782. The summed E-state index contributed by atoms with van der Waals surface area (Å²) in [6.45, 7) is 1.49. The van der Waals surface area contributed by atoms with Crippen LogP contribution in [0.2, 0.25) is 0 Å². The van der Waals surface area contributed by atoms with E-state index in [1.54, 1.807) is 0 Å². The van der Waals surface area contributed by atoms with Gasteiger partial charge in [0.2, 0.25) is 0 Å². The second-order valence-corrected chi connectivity index (χ2v) is 6.14. The van der Waals surface area contributed by atoms with Crippen molar-refractivity contribution in [1.29, 1.82) is 0 Å². The molecular weight excluding hydrogens is 334 g/mol. The van der Waals surface area contributed by atoms with Crippen LogP contribution in [0.5, 0.6) is 0 Å². The lowest BCUT2D eigenvalue weighted by Gasteiger charge is -2.36. The van der Waals surface area contributed by atoms with Crippen LogP contribution in [0.25, 0.3) is 0 Å². The summed E-state index contributed by atoms with van der Waals surface area (Å²) < 4.78 is 2.13. The number of aliphatic hydroxyl groups is 1. The van der Waals surface area contributed by atoms with E-state index in [1.165, 1.54) is 5.56 Å². The van der Waals surface area contributed by atoms with Gasteiger partial charge in [0.25, 0.3) is 0 Å². The van der Waals surface area contributed by atoms with Crippen molar-refractivity contribution in [2.75, 3.05) is 6.54 Å². The Hall–Kier alpha value is 0.1000. The number of hydrogen-bond donors (Lipinski definition) is 2. The molecule has 1 saturated carbocycles. The lowest BCUT2D eigenvalue weighted by atomic mass is 9.80. The van der Waals surface area contributed by atoms with E-state index in [2.05, 4.69) is 49.3 Å². The Morgan fingerprint density at radius 3 is 2.56 bits per heavy atom. The fraction of sp³-hybridized carbons (Fsp3) is 0.500. The van der Waals surface area contributed by atoms with Crippen LogP contribution in [0.4, 0.5) is 0 Å². The summed E-state index contributed by atoms with van der Waals surface area (Å²) in [4.78, 5) is 0. The number of rotatable bonds is 4. The second-order valence-electron chi connectivity index (χ2n) is 4.43. The molecule has 0 aromatic heterocycles. The standard InChI is InChI=1S/C12H15Br2NO/c13-10-3-2-9(6-11(10)14)7-15-8-12(16)4-1-5-12/h2-3,6,15-16H,1,4-5,7-8H2. The van der Waals surface area contributed by atoms with Crippen LogP contribution >= 0.6 is 31.9 Å². The maximum atomic E-state index is 9.91. The highest BCUT2D eigenvalue weighted by Gasteiger charge is 2.33. The highest BCUT2D eigenvalue weighted by atomic mass is 79.9. The fourth-order valence-corrected chi connectivity index (χ4v) is 2.52. The van der Waals surface area contributed by atoms with Crippen LogP contribution in [0.15, 0.2) is 27.1 Å². The van der Waals surface area contributed by atoms with Crippen molar-refractivity contribution in [2.45, 2.75) is 31.4 Å². The Morgan fingerprint density at radius 1 is 1.25 bits per heavy atom. The van der Waals surface area contributed by atoms with Crippen LogP contribution in [0, 0.1) is 0 Å². The number of halogens is 2. The maximum Gasteiger partial charge on any atom is 0.0771 e. The van der Waals surface area contributed by atoms with Crippen molar-refractivity contribution in [3.8, 4) is 0 Å². The van der Waals surface area contributed by atoms with Crippen molar-refractivity contribution >= 4 is 31.9 Å². The molecule has 1 aromatic carbocycles. The first-order valence-electron chi connectivity index (χ1n) is 5.46. The lowest BCUT2D eigenvalue weighted by Crippen LogP contribution is -2.45. The number of nitrogens with one attached hydrogen (secondary N) is 1. The highest BCUT2D eigenvalue weighted by molar-refractivity contribution is 9.13. The SMILES string of the molecule is OC1(CNCc2ccc(Br)c(Br)c2)CCC1. The van der Waals surface area contributed by atoms with E-state index in [9.17, 15) is 5.11 Å². The van der Waals surface area contributed by atoms with Crippen molar-refractivity contribution in [3.63, 3.8) is 0 Å². The van der Waals surface area contributed by atoms with E-state index in [1.807, 2.05) is 6.07 Å². The quantitative estimate of drug-likeness (QED) is 0.875. The molecule has 1 aliphatic carbocycles. The predicted octanol–water partition coefficient (Wildman–Crippen LogP) is 3.22. The third kappa shape index (κ3) is 3.06. The predicted molar refractivity (Wildman–Crippen MR) is 72.3 cm³/mol. The number of hydrogen-bond acceptors (Lipinski definition) is 2. The molecule has 0 radical (unpaired) electrons. The smallest absolute Gasteiger partial charge is 0.0771 e. The molecule has 0 unspecified atom stereocenters. The van der Waals surface area contributed by atoms with Gasteiger partial charge >= 0.3 is 0 Å². The zero-order valence-electron chi connectivity index (χ0n) is 8.97. The molecule has 1 aliphatic rings. The largest absolute Gasteiger partial charge is 0.389 e. The summed E-state index contributed by atoms with van der Waals surface area (Å²) >= 11 is 6.92. The molecule has 2 rings (SSSR count). The zero-order chi connectivity index (χ0) is 11.6. The summed E-state index contributed by atoms with van der Waals surface area (Å²) in [5.74, 6) is 0. The summed E-state index contributed by atoms with van der Waals surface area (Å²) in [6, 6.07) is 6.19. The van der Waals surface area contributed by atoms with Gasteiger partial charge in [-0.25, -0.2) is 0 Å². The summed E-state index contributed by atoms with van der Waals surface area (Å²) in [5, 5.41) is 13.2. The lowest BCUT2D eigenvalue weighted by molar-refractivity contribution is -0.0314. The first kappa shape index (κ1) is 12.6. The molecule has 0 atom stereocenters. The van der Waals surface area contributed by atoms with Gasteiger partial charge in [0.1, 0.15) is 0 Å². The van der Waals surface area contributed by atoms with Gasteiger partial charge in [0.05, 0.1) is 5.60 Å². The van der Waals surface area contributed by atoms with E-state index in [4.69, 9.17) is 0 Å². The Balaban J connectivity index is 1.83. The zero-order valence-corrected chi connectivity index (χ0v) is 12.1. The summed E-state index contributed by atoms with van der Waals surface area (Å²) in [7, 11) is 0. The third-order valence-electron chi connectivity index (χ3n) is 3.05. The topological polar surface area (TPSA) is 32.3 Å². The monoisotopic (exact) mass is 347 g/mol. The van der Waals surface area contributed by atoms with E-state index >= 15 is 0 Å². The van der Waals surface area contributed by atoms with E-state index in [-0.39, 0.29) is 0 Å². The Kier molecular flexibility index (Phi) is 4.06. The average molecular weight is 349 g/mol. The minimum atomic E-state index is -0.438. The molecule has 2 N–H and O–H groups in total. The molecule has 0 amide bonds. The van der Waals surface area contributed by atoms with Gasteiger partial charge in [-0.05, 0) is 68.8 Å². The van der Waals surface area contributed by atoms with E-state index < -0.39 is 5.60 Å². The van der Waals surface area contributed by atoms with Crippen LogP contribution in [-0.4, -0.2) is 17.3 Å². The Bertz CT molecular complexity index is 377. The second kappa shape index (κ2) is 5.17. The van der Waals surface area contributed by atoms with Gasteiger partial charge in [0.15, 0.2) is 0 Å². The van der Waals surface area contributed by atoms with Crippen molar-refractivity contribution in [1.82, 2.24) is 5.32 Å².